The Morgan fingerprint density at radius 3 is 3.00 bits per heavy atom. The molecule has 0 saturated heterocycles. The molecule has 0 aliphatic rings. The van der Waals surface area contributed by atoms with Gasteiger partial charge < -0.3 is 4.74 Å². The predicted octanol–water partition coefficient (Wildman–Crippen LogP) is 1.88. The highest BCUT2D eigenvalue weighted by molar-refractivity contribution is 7.16. The van der Waals surface area contributed by atoms with E-state index in [0.29, 0.717) is 17.0 Å². The molecule has 4 nitrogen and oxygen atoms in total. The zero-order valence-electron chi connectivity index (χ0n) is 7.74. The highest BCUT2D eigenvalue weighted by Gasteiger charge is 2.14. The summed E-state index contributed by atoms with van der Waals surface area (Å²) in [6.07, 6.45) is 0. The molecule has 0 saturated carbocycles. The summed E-state index contributed by atoms with van der Waals surface area (Å²) in [4.78, 5) is 8.32. The van der Waals surface area contributed by atoms with Crippen LogP contribution in [0.5, 0.6) is 5.88 Å². The smallest absolute Gasteiger partial charge is 0.233 e. The molecule has 0 bridgehead atoms. The maximum Gasteiger partial charge on any atom is 0.233 e. The molecule has 2 aromatic rings. The van der Waals surface area contributed by atoms with E-state index in [1.165, 1.54) is 18.4 Å². The summed E-state index contributed by atoms with van der Waals surface area (Å²) in [5.74, 6) is 0.350. The van der Waals surface area contributed by atoms with Gasteiger partial charge in [0.05, 0.1) is 23.0 Å². The number of pyridine rings is 1. The first-order valence-electron chi connectivity index (χ1n) is 3.95. The Hall–Kier alpha value is -1.67. The number of methoxy groups -OCH3 is 1. The SMILES string of the molecule is COc1nc(C)c2scnc2c1C#N. The third-order valence-electron chi connectivity index (χ3n) is 1.92. The molecule has 0 N–H and O–H groups in total. The molecule has 0 unspecified atom stereocenters. The Labute approximate surface area is 84.8 Å². The number of hydrogen-bond acceptors (Lipinski definition) is 5. The van der Waals surface area contributed by atoms with Gasteiger partial charge in [-0.15, -0.1) is 11.3 Å². The van der Waals surface area contributed by atoms with Crippen molar-refractivity contribution < 1.29 is 4.74 Å². The van der Waals surface area contributed by atoms with E-state index in [2.05, 4.69) is 16.0 Å². The molecule has 2 rings (SSSR count). The van der Waals surface area contributed by atoms with E-state index in [1.54, 1.807) is 5.51 Å². The zero-order chi connectivity index (χ0) is 10.1. The molecular formula is C9H7N3OS. The Morgan fingerprint density at radius 2 is 2.36 bits per heavy atom. The molecule has 5 heteroatoms. The van der Waals surface area contributed by atoms with Crippen molar-refractivity contribution >= 4 is 21.6 Å². The van der Waals surface area contributed by atoms with Gasteiger partial charge in [-0.25, -0.2) is 9.97 Å². The molecule has 0 aliphatic carbocycles. The van der Waals surface area contributed by atoms with Gasteiger partial charge in [-0.05, 0) is 6.92 Å². The third-order valence-corrected chi connectivity index (χ3v) is 2.86. The van der Waals surface area contributed by atoms with E-state index >= 15 is 0 Å². The molecule has 0 aliphatic heterocycles. The van der Waals surface area contributed by atoms with E-state index in [4.69, 9.17) is 10.00 Å². The summed E-state index contributed by atoms with van der Waals surface area (Å²) >= 11 is 1.48. The van der Waals surface area contributed by atoms with Crippen LogP contribution < -0.4 is 4.74 Å². The summed E-state index contributed by atoms with van der Waals surface area (Å²) in [7, 11) is 1.50. The fraction of sp³-hybridized carbons (Fsp3) is 0.222. The number of hydrogen-bond donors (Lipinski definition) is 0. The Bertz CT molecular complexity index is 527. The first kappa shape index (κ1) is 8.91. The van der Waals surface area contributed by atoms with Crippen LogP contribution in [0.1, 0.15) is 11.3 Å². The van der Waals surface area contributed by atoms with Crippen molar-refractivity contribution in [3.63, 3.8) is 0 Å². The van der Waals surface area contributed by atoms with Crippen LogP contribution in [0.2, 0.25) is 0 Å². The fourth-order valence-electron chi connectivity index (χ4n) is 1.29. The molecule has 14 heavy (non-hydrogen) atoms. The Balaban J connectivity index is 2.91. The second-order valence-electron chi connectivity index (χ2n) is 2.72. The largest absolute Gasteiger partial charge is 0.480 e. The maximum absolute atomic E-state index is 8.95. The topological polar surface area (TPSA) is 58.8 Å². The zero-order valence-corrected chi connectivity index (χ0v) is 8.55. The van der Waals surface area contributed by atoms with E-state index in [-0.39, 0.29) is 0 Å². The monoisotopic (exact) mass is 205 g/mol. The van der Waals surface area contributed by atoms with Crippen molar-refractivity contribution in [3.8, 4) is 11.9 Å². The van der Waals surface area contributed by atoms with Crippen molar-refractivity contribution in [2.45, 2.75) is 6.92 Å². The lowest BCUT2D eigenvalue weighted by Crippen LogP contribution is -1.95. The summed E-state index contributed by atoms with van der Waals surface area (Å²) in [6, 6.07) is 2.06. The molecule has 70 valence electrons. The minimum absolute atomic E-state index is 0.350. The maximum atomic E-state index is 8.95. The number of ether oxygens (including phenoxy) is 1. The van der Waals surface area contributed by atoms with Gasteiger partial charge in [0.1, 0.15) is 17.1 Å². The summed E-state index contributed by atoms with van der Waals surface area (Å²) < 4.78 is 5.97. The quantitative estimate of drug-likeness (QED) is 0.713. The van der Waals surface area contributed by atoms with Gasteiger partial charge in [0.15, 0.2) is 0 Å². The van der Waals surface area contributed by atoms with E-state index in [9.17, 15) is 0 Å². The molecule has 0 radical (unpaired) electrons. The van der Waals surface area contributed by atoms with Crippen LogP contribution in [0, 0.1) is 18.3 Å². The molecule has 0 atom stereocenters. The summed E-state index contributed by atoms with van der Waals surface area (Å²) in [5.41, 5.74) is 3.65. The number of rotatable bonds is 1. The van der Waals surface area contributed by atoms with Gasteiger partial charge in [-0.1, -0.05) is 0 Å². The van der Waals surface area contributed by atoms with Gasteiger partial charge >= 0.3 is 0 Å². The molecule has 0 amide bonds. The summed E-state index contributed by atoms with van der Waals surface area (Å²) in [6.45, 7) is 1.88. The standard InChI is InChI=1S/C9H7N3OS/c1-5-8-7(11-4-14-8)6(3-10)9(12-5)13-2/h4H,1-2H3. The Morgan fingerprint density at radius 1 is 1.57 bits per heavy atom. The highest BCUT2D eigenvalue weighted by atomic mass is 32.1. The summed E-state index contributed by atoms with van der Waals surface area (Å²) in [5, 5.41) is 8.95. The molecule has 0 aromatic carbocycles. The lowest BCUT2D eigenvalue weighted by atomic mass is 10.2. The van der Waals surface area contributed by atoms with Gasteiger partial charge in [-0.3, -0.25) is 0 Å². The predicted molar refractivity (Wildman–Crippen MR) is 53.4 cm³/mol. The van der Waals surface area contributed by atoms with Crippen molar-refractivity contribution in [2.24, 2.45) is 0 Å². The van der Waals surface area contributed by atoms with Gasteiger partial charge in [0, 0.05) is 0 Å². The lowest BCUT2D eigenvalue weighted by molar-refractivity contribution is 0.396. The molecule has 2 aromatic heterocycles. The number of fused-ring (bicyclic) bond motifs is 1. The van der Waals surface area contributed by atoms with E-state index in [0.717, 1.165) is 10.4 Å². The number of thiazole rings is 1. The first-order valence-corrected chi connectivity index (χ1v) is 4.83. The van der Waals surface area contributed by atoms with Crippen LogP contribution in [0.15, 0.2) is 5.51 Å². The van der Waals surface area contributed by atoms with Crippen molar-refractivity contribution in [1.29, 1.82) is 5.26 Å². The van der Waals surface area contributed by atoms with Gasteiger partial charge in [0.25, 0.3) is 0 Å². The van der Waals surface area contributed by atoms with Crippen LogP contribution >= 0.6 is 11.3 Å². The minimum atomic E-state index is 0.350. The molecule has 2 heterocycles. The average Bonchev–Trinajstić information content (AvgIpc) is 2.66. The van der Waals surface area contributed by atoms with Crippen molar-refractivity contribution in [2.75, 3.05) is 7.11 Å². The number of aromatic nitrogens is 2. The van der Waals surface area contributed by atoms with Crippen LogP contribution in [0.25, 0.3) is 10.2 Å². The number of aryl methyl sites for hydroxylation is 1. The highest BCUT2D eigenvalue weighted by Crippen LogP contribution is 2.28. The first-order chi connectivity index (χ1) is 6.77. The van der Waals surface area contributed by atoms with Crippen molar-refractivity contribution in [3.05, 3.63) is 16.8 Å². The fourth-order valence-corrected chi connectivity index (χ4v) is 2.04. The van der Waals surface area contributed by atoms with E-state index in [1.807, 2.05) is 6.92 Å². The second kappa shape index (κ2) is 3.24. The van der Waals surface area contributed by atoms with Crippen molar-refractivity contribution in [1.82, 2.24) is 9.97 Å². The lowest BCUT2D eigenvalue weighted by Gasteiger charge is -2.03. The Kier molecular flexibility index (Phi) is 2.06. The van der Waals surface area contributed by atoms with Gasteiger partial charge in [-0.2, -0.15) is 5.26 Å². The van der Waals surface area contributed by atoms with Crippen LogP contribution in [0.3, 0.4) is 0 Å². The minimum Gasteiger partial charge on any atom is -0.480 e. The normalized spacial score (nSPS) is 10.1. The number of nitrogens with zero attached hydrogens (tertiary/aromatic N) is 3. The van der Waals surface area contributed by atoms with Gasteiger partial charge in [0.2, 0.25) is 5.88 Å². The van der Waals surface area contributed by atoms with Crippen LogP contribution in [-0.2, 0) is 0 Å². The second-order valence-corrected chi connectivity index (χ2v) is 3.58. The van der Waals surface area contributed by atoms with Crippen LogP contribution in [-0.4, -0.2) is 17.1 Å². The molecule has 0 spiro atoms. The molecular weight excluding hydrogens is 198 g/mol. The van der Waals surface area contributed by atoms with Crippen LogP contribution in [0.4, 0.5) is 0 Å². The third kappa shape index (κ3) is 1.12. The number of nitriles is 1. The van der Waals surface area contributed by atoms with E-state index < -0.39 is 0 Å². The molecule has 0 fully saturated rings. The average molecular weight is 205 g/mol.